The van der Waals surface area contributed by atoms with Crippen molar-refractivity contribution in [3.63, 3.8) is 0 Å². The molecule has 2 atom stereocenters. The summed E-state index contributed by atoms with van der Waals surface area (Å²) in [6.07, 6.45) is 8.74. The van der Waals surface area contributed by atoms with Crippen LogP contribution in [0.25, 0.3) is 5.65 Å². The molecule has 3 aromatic rings. The largest absolute Gasteiger partial charge is 0.332 e. The van der Waals surface area contributed by atoms with Gasteiger partial charge in [0.25, 0.3) is 11.5 Å². The van der Waals surface area contributed by atoms with Crippen molar-refractivity contribution in [2.75, 3.05) is 0 Å². The van der Waals surface area contributed by atoms with Gasteiger partial charge in [0.2, 0.25) is 0 Å². The molecule has 2 unspecified atom stereocenters. The molecule has 1 amide bonds. The van der Waals surface area contributed by atoms with E-state index in [1.165, 1.54) is 10.5 Å². The Morgan fingerprint density at radius 3 is 2.52 bits per heavy atom. The second-order valence-electron chi connectivity index (χ2n) is 7.42. The highest BCUT2D eigenvalue weighted by Gasteiger charge is 2.44. The van der Waals surface area contributed by atoms with Crippen LogP contribution in [0.4, 0.5) is 0 Å². The Bertz CT molecular complexity index is 1060. The van der Waals surface area contributed by atoms with E-state index in [0.29, 0.717) is 16.9 Å². The molecule has 3 aromatic heterocycles. The first-order valence-electron chi connectivity index (χ1n) is 9.29. The number of aromatic nitrogens is 5. The van der Waals surface area contributed by atoms with Gasteiger partial charge >= 0.3 is 0 Å². The van der Waals surface area contributed by atoms with Crippen LogP contribution in [0.15, 0.2) is 41.6 Å². The van der Waals surface area contributed by atoms with Gasteiger partial charge in [0.05, 0.1) is 24.0 Å². The molecule has 2 fully saturated rings. The third-order valence-electron chi connectivity index (χ3n) is 5.76. The predicted molar refractivity (Wildman–Crippen MR) is 97.5 cm³/mol. The summed E-state index contributed by atoms with van der Waals surface area (Å²) in [6.45, 7) is 1.77. The van der Waals surface area contributed by atoms with E-state index in [-0.39, 0.29) is 29.6 Å². The lowest BCUT2D eigenvalue weighted by molar-refractivity contribution is 0.0513. The molecule has 8 heteroatoms. The molecule has 2 aliphatic heterocycles. The van der Waals surface area contributed by atoms with Crippen LogP contribution in [-0.2, 0) is 0 Å². The first-order valence-corrected chi connectivity index (χ1v) is 9.29. The van der Waals surface area contributed by atoms with Crippen molar-refractivity contribution in [1.29, 1.82) is 0 Å². The fraction of sp³-hybridized carbons (Fsp3) is 0.421. The monoisotopic (exact) mass is 364 g/mol. The SMILES string of the molecule is Cc1cc(=O)n2cccc(C(=O)N3C4CCC3CC(n3nccn3)C4)c2n1. The van der Waals surface area contributed by atoms with Crippen LogP contribution in [0, 0.1) is 6.92 Å². The van der Waals surface area contributed by atoms with Crippen LogP contribution in [0.2, 0.25) is 0 Å². The standard InChI is InChI=1S/C19H20N6O2/c1-12-9-17(26)23-8-2-3-16(18(23)22-12)19(27)24-13-4-5-14(24)11-15(10-13)25-20-6-7-21-25/h2-3,6-9,13-15H,4-5,10-11H2,1H3. The molecule has 0 radical (unpaired) electrons. The van der Waals surface area contributed by atoms with Gasteiger partial charge in [-0.1, -0.05) is 0 Å². The molecule has 27 heavy (non-hydrogen) atoms. The number of hydrogen-bond acceptors (Lipinski definition) is 5. The van der Waals surface area contributed by atoms with Gasteiger partial charge in [-0.05, 0) is 44.7 Å². The zero-order chi connectivity index (χ0) is 18.5. The minimum absolute atomic E-state index is 0.0371. The highest BCUT2D eigenvalue weighted by molar-refractivity contribution is 6.00. The Morgan fingerprint density at radius 2 is 1.81 bits per heavy atom. The third kappa shape index (κ3) is 2.55. The summed E-state index contributed by atoms with van der Waals surface area (Å²) >= 11 is 0. The molecule has 8 nitrogen and oxygen atoms in total. The average Bonchev–Trinajstić information content (AvgIpc) is 3.27. The maximum atomic E-state index is 13.4. The maximum Gasteiger partial charge on any atom is 0.258 e. The zero-order valence-corrected chi connectivity index (χ0v) is 15.0. The van der Waals surface area contributed by atoms with E-state index >= 15 is 0 Å². The molecule has 0 N–H and O–H groups in total. The topological polar surface area (TPSA) is 85.4 Å². The number of rotatable bonds is 2. The third-order valence-corrected chi connectivity index (χ3v) is 5.76. The molecule has 2 saturated heterocycles. The first kappa shape index (κ1) is 16.2. The van der Waals surface area contributed by atoms with Gasteiger partial charge < -0.3 is 4.90 Å². The van der Waals surface area contributed by atoms with Gasteiger partial charge in [0, 0.05) is 30.0 Å². The van der Waals surface area contributed by atoms with Crippen LogP contribution in [0.5, 0.6) is 0 Å². The van der Waals surface area contributed by atoms with E-state index in [2.05, 4.69) is 15.2 Å². The Morgan fingerprint density at radius 1 is 1.11 bits per heavy atom. The molecule has 0 aromatic carbocycles. The van der Waals surface area contributed by atoms with Crippen LogP contribution in [0.3, 0.4) is 0 Å². The highest BCUT2D eigenvalue weighted by Crippen LogP contribution is 2.41. The summed E-state index contributed by atoms with van der Waals surface area (Å²) in [5.74, 6) is -0.0371. The quantitative estimate of drug-likeness (QED) is 0.689. The van der Waals surface area contributed by atoms with Crippen molar-refractivity contribution >= 4 is 11.6 Å². The average molecular weight is 364 g/mol. The van der Waals surface area contributed by atoms with Crippen molar-refractivity contribution in [1.82, 2.24) is 29.3 Å². The Balaban J connectivity index is 1.51. The minimum Gasteiger partial charge on any atom is -0.332 e. The molecule has 5 heterocycles. The molecule has 0 saturated carbocycles. The number of piperidine rings is 1. The summed E-state index contributed by atoms with van der Waals surface area (Å²) in [4.78, 5) is 33.9. The van der Waals surface area contributed by atoms with Gasteiger partial charge in [-0.25, -0.2) is 4.98 Å². The van der Waals surface area contributed by atoms with Crippen LogP contribution in [-0.4, -0.2) is 47.3 Å². The van der Waals surface area contributed by atoms with Gasteiger partial charge in [-0.3, -0.25) is 14.0 Å². The zero-order valence-electron chi connectivity index (χ0n) is 15.0. The summed E-state index contributed by atoms with van der Waals surface area (Å²) in [6, 6.07) is 5.56. The van der Waals surface area contributed by atoms with Gasteiger partial charge in [0.1, 0.15) is 0 Å². The van der Waals surface area contributed by atoms with Crippen molar-refractivity contribution in [2.24, 2.45) is 0 Å². The highest BCUT2D eigenvalue weighted by atomic mass is 16.2. The first-order chi connectivity index (χ1) is 13.1. The van der Waals surface area contributed by atoms with Crippen molar-refractivity contribution < 1.29 is 4.79 Å². The minimum atomic E-state index is -0.168. The van der Waals surface area contributed by atoms with Gasteiger partial charge in [0.15, 0.2) is 5.65 Å². The predicted octanol–water partition coefficient (Wildman–Crippen LogP) is 1.60. The number of carbonyl (C=O) groups is 1. The Kier molecular flexibility index (Phi) is 3.60. The van der Waals surface area contributed by atoms with Gasteiger partial charge in [-0.15, -0.1) is 0 Å². The number of nitrogens with zero attached hydrogens (tertiary/aromatic N) is 6. The fourth-order valence-electron chi connectivity index (χ4n) is 4.63. The van der Waals surface area contributed by atoms with Gasteiger partial charge in [-0.2, -0.15) is 15.0 Å². The van der Waals surface area contributed by atoms with Crippen molar-refractivity contribution in [3.8, 4) is 0 Å². The Hall–Kier alpha value is -3.03. The lowest BCUT2D eigenvalue weighted by atomic mass is 9.97. The second-order valence-corrected chi connectivity index (χ2v) is 7.42. The molecular formula is C19H20N6O2. The number of amides is 1. The van der Waals surface area contributed by atoms with Crippen molar-refractivity contribution in [3.05, 3.63) is 58.4 Å². The van der Waals surface area contributed by atoms with E-state index < -0.39 is 0 Å². The van der Waals surface area contributed by atoms with Crippen LogP contribution < -0.4 is 5.56 Å². The van der Waals surface area contributed by atoms with E-state index in [1.807, 2.05) is 4.90 Å². The smallest absolute Gasteiger partial charge is 0.258 e. The molecule has 2 aliphatic rings. The van der Waals surface area contributed by atoms with E-state index in [0.717, 1.165) is 25.7 Å². The lowest BCUT2D eigenvalue weighted by Gasteiger charge is -2.38. The number of pyridine rings is 1. The lowest BCUT2D eigenvalue weighted by Crippen LogP contribution is -2.47. The van der Waals surface area contributed by atoms with Crippen LogP contribution in [0.1, 0.15) is 47.8 Å². The summed E-state index contributed by atoms with van der Waals surface area (Å²) < 4.78 is 1.45. The summed E-state index contributed by atoms with van der Waals surface area (Å²) in [5, 5.41) is 8.56. The Labute approximate surface area is 155 Å². The van der Waals surface area contributed by atoms with Crippen molar-refractivity contribution in [2.45, 2.75) is 50.7 Å². The molecular weight excluding hydrogens is 344 g/mol. The number of hydrogen-bond donors (Lipinski definition) is 0. The molecule has 138 valence electrons. The summed E-state index contributed by atoms with van der Waals surface area (Å²) in [5.41, 5.74) is 1.37. The second kappa shape index (κ2) is 6.00. The van der Waals surface area contributed by atoms with Crippen LogP contribution >= 0.6 is 0 Å². The fourth-order valence-corrected chi connectivity index (χ4v) is 4.63. The normalized spacial score (nSPS) is 24.5. The molecule has 0 aliphatic carbocycles. The maximum absolute atomic E-state index is 13.4. The number of fused-ring (bicyclic) bond motifs is 3. The number of carbonyl (C=O) groups excluding carboxylic acids is 1. The number of aryl methyl sites for hydroxylation is 1. The van der Waals surface area contributed by atoms with E-state index in [1.54, 1.807) is 42.4 Å². The molecule has 0 spiro atoms. The van der Waals surface area contributed by atoms with E-state index in [4.69, 9.17) is 0 Å². The van der Waals surface area contributed by atoms with E-state index in [9.17, 15) is 9.59 Å². The summed E-state index contributed by atoms with van der Waals surface area (Å²) in [7, 11) is 0. The molecule has 5 rings (SSSR count). The molecule has 2 bridgehead atoms.